The molecule has 0 spiro atoms. The molecule has 0 fully saturated rings. The molecule has 1 aromatic rings. The van der Waals surface area contributed by atoms with Crippen molar-refractivity contribution in [3.8, 4) is 0 Å². The van der Waals surface area contributed by atoms with E-state index in [0.29, 0.717) is 6.07 Å². The molecule has 4 N–H and O–H groups in total. The molecule has 8 nitrogen and oxygen atoms in total. The van der Waals surface area contributed by atoms with Crippen LogP contribution in [0.25, 0.3) is 0 Å². The van der Waals surface area contributed by atoms with Gasteiger partial charge in [0.15, 0.2) is 0 Å². The second-order valence-electron chi connectivity index (χ2n) is 2.83. The van der Waals surface area contributed by atoms with Crippen molar-refractivity contribution < 1.29 is 23.0 Å². The fourth-order valence-corrected chi connectivity index (χ4v) is 1.53. The van der Waals surface area contributed by atoms with E-state index in [2.05, 4.69) is 0 Å². The number of hydrogen-bond acceptors (Lipinski definition) is 6. The Morgan fingerprint density at radius 2 is 1.94 bits per heavy atom. The van der Waals surface area contributed by atoms with Crippen LogP contribution in [0.1, 0.15) is 10.4 Å². The first-order valence-corrected chi connectivity index (χ1v) is 5.24. The topological polar surface area (TPSA) is 144 Å². The van der Waals surface area contributed by atoms with Gasteiger partial charge in [-0.1, -0.05) is 0 Å². The Morgan fingerprint density at radius 3 is 2.31 bits per heavy atom. The van der Waals surface area contributed by atoms with Gasteiger partial charge in [0.1, 0.15) is 0 Å². The summed E-state index contributed by atoms with van der Waals surface area (Å²) in [6, 6.07) is 2.35. The van der Waals surface area contributed by atoms with Crippen molar-refractivity contribution in [2.75, 3.05) is 5.23 Å². The summed E-state index contributed by atoms with van der Waals surface area (Å²) in [6.07, 6.45) is 0. The third kappa shape index (κ3) is 2.67. The molecule has 0 unspecified atom stereocenters. The van der Waals surface area contributed by atoms with Gasteiger partial charge in [0.05, 0.1) is 10.6 Å². The lowest BCUT2D eigenvalue weighted by molar-refractivity contribution is 0.1000. The summed E-state index contributed by atoms with van der Waals surface area (Å²) in [6.45, 7) is 0. The van der Waals surface area contributed by atoms with Crippen LogP contribution in [0.4, 0.5) is 5.69 Å². The molecule has 0 saturated heterocycles. The van der Waals surface area contributed by atoms with Gasteiger partial charge in [0.25, 0.3) is 10.1 Å². The minimum absolute atomic E-state index is 0.333. The molecule has 0 heterocycles. The second-order valence-corrected chi connectivity index (χ2v) is 4.25. The highest BCUT2D eigenvalue weighted by Gasteiger charge is 2.14. The Hall–Kier alpha value is -1.68. The molecule has 0 saturated carbocycles. The van der Waals surface area contributed by atoms with Crippen LogP contribution in [0, 0.1) is 5.21 Å². The maximum atomic E-state index is 10.8. The van der Waals surface area contributed by atoms with Crippen LogP contribution in [0.3, 0.4) is 0 Å². The average Bonchev–Trinajstić information content (AvgIpc) is 2.15. The van der Waals surface area contributed by atoms with Gasteiger partial charge in [-0.15, -0.1) is 0 Å². The number of rotatable bonds is 3. The molecule has 0 aliphatic heterocycles. The molecule has 16 heavy (non-hydrogen) atoms. The summed E-state index contributed by atoms with van der Waals surface area (Å²) in [5.41, 5.74) is 4.01. The first-order valence-electron chi connectivity index (χ1n) is 3.80. The molecule has 0 radical (unpaired) electrons. The highest BCUT2D eigenvalue weighted by atomic mass is 32.2. The predicted octanol–water partition coefficient (Wildman–Crippen LogP) is -0.274. The molecular weight excluding hydrogens is 240 g/mol. The van der Waals surface area contributed by atoms with Crippen molar-refractivity contribution in [3.05, 3.63) is 29.0 Å². The third-order valence-electron chi connectivity index (χ3n) is 1.69. The maximum absolute atomic E-state index is 10.8. The molecule has 1 amide bonds. The predicted molar refractivity (Wildman–Crippen MR) is 52.4 cm³/mol. The fourth-order valence-electron chi connectivity index (χ4n) is 0.985. The molecular formula is C7H7N2O6S-. The minimum atomic E-state index is -4.60. The van der Waals surface area contributed by atoms with Gasteiger partial charge in [-0.3, -0.25) is 14.6 Å². The molecule has 0 aliphatic carbocycles. The van der Waals surface area contributed by atoms with E-state index >= 15 is 0 Å². The molecule has 1 rings (SSSR count). The highest BCUT2D eigenvalue weighted by molar-refractivity contribution is 7.85. The minimum Gasteiger partial charge on any atom is -0.733 e. The lowest BCUT2D eigenvalue weighted by Gasteiger charge is -2.22. The Balaban J connectivity index is 3.48. The molecule has 0 aliphatic rings. The zero-order chi connectivity index (χ0) is 12.5. The Morgan fingerprint density at radius 1 is 1.38 bits per heavy atom. The molecule has 9 heteroatoms. The maximum Gasteiger partial charge on any atom is 0.294 e. The van der Waals surface area contributed by atoms with Crippen molar-refractivity contribution >= 4 is 21.7 Å². The van der Waals surface area contributed by atoms with Crippen molar-refractivity contribution in [3.63, 3.8) is 0 Å². The largest absolute Gasteiger partial charge is 0.733 e. The summed E-state index contributed by atoms with van der Waals surface area (Å²) < 4.78 is 30.3. The van der Waals surface area contributed by atoms with Crippen LogP contribution in [0.5, 0.6) is 0 Å². The Kier molecular flexibility index (Phi) is 3.14. The first-order chi connectivity index (χ1) is 7.21. The second kappa shape index (κ2) is 4.06. The van der Waals surface area contributed by atoms with Gasteiger partial charge in [0.2, 0.25) is 5.91 Å². The lowest BCUT2D eigenvalue weighted by Crippen LogP contribution is -2.15. The summed E-state index contributed by atoms with van der Waals surface area (Å²) in [5, 5.41) is 18.5. The number of nitrogens with zero attached hydrogens (tertiary/aromatic N) is 1. The molecule has 0 bridgehead atoms. The summed E-state index contributed by atoms with van der Waals surface area (Å²) in [5.74, 6) is -1.01. The van der Waals surface area contributed by atoms with E-state index in [1.165, 1.54) is 0 Å². The van der Waals surface area contributed by atoms with E-state index in [9.17, 15) is 18.4 Å². The summed E-state index contributed by atoms with van der Waals surface area (Å²) in [7, 11) is -4.60. The number of amides is 1. The van der Waals surface area contributed by atoms with Crippen LogP contribution in [-0.4, -0.2) is 24.1 Å². The van der Waals surface area contributed by atoms with E-state index in [0.717, 1.165) is 12.1 Å². The molecule has 0 atom stereocenters. The van der Waals surface area contributed by atoms with Crippen LogP contribution in [0.2, 0.25) is 0 Å². The number of anilines is 1. The standard InChI is InChI=1S/C7H7N2O6S/c8-7(10)4-1-5(9(11)12)3-6(2-4)16(13,14)15/h1-3,11H,(H2,8,10)(H,13,14,15)/q-1. The van der Waals surface area contributed by atoms with E-state index < -0.39 is 31.8 Å². The van der Waals surface area contributed by atoms with Crippen molar-refractivity contribution in [1.82, 2.24) is 0 Å². The number of primary amides is 1. The number of carbonyl (C=O) groups is 1. The average molecular weight is 247 g/mol. The normalized spacial score (nSPS) is 11.2. The van der Waals surface area contributed by atoms with Gasteiger partial charge in [-0.05, 0) is 18.2 Å². The van der Waals surface area contributed by atoms with Gasteiger partial charge in [-0.25, -0.2) is 0 Å². The third-order valence-corrected chi connectivity index (χ3v) is 2.53. The van der Waals surface area contributed by atoms with Gasteiger partial charge in [0, 0.05) is 5.56 Å². The van der Waals surface area contributed by atoms with E-state index in [-0.39, 0.29) is 5.56 Å². The van der Waals surface area contributed by atoms with Gasteiger partial charge in [-0.2, -0.15) is 8.42 Å². The van der Waals surface area contributed by atoms with E-state index in [1.54, 1.807) is 0 Å². The first kappa shape index (κ1) is 12.4. The van der Waals surface area contributed by atoms with Crippen molar-refractivity contribution in [2.24, 2.45) is 5.73 Å². The summed E-state index contributed by atoms with van der Waals surface area (Å²) >= 11 is 0. The number of hydrogen-bond donors (Lipinski definition) is 3. The SMILES string of the molecule is NC(=O)c1cc(N([O-])O)cc(S(=O)(=O)O)c1. The summed E-state index contributed by atoms with van der Waals surface area (Å²) in [4.78, 5) is 10.1. The lowest BCUT2D eigenvalue weighted by atomic mass is 10.2. The fraction of sp³-hybridized carbons (Fsp3) is 0. The molecule has 88 valence electrons. The smallest absolute Gasteiger partial charge is 0.294 e. The zero-order valence-electron chi connectivity index (χ0n) is 7.69. The molecule has 1 aromatic carbocycles. The quantitative estimate of drug-likeness (QED) is 0.492. The number of nitrogens with two attached hydrogens (primary N) is 1. The van der Waals surface area contributed by atoms with Crippen LogP contribution >= 0.6 is 0 Å². The van der Waals surface area contributed by atoms with Gasteiger partial charge >= 0.3 is 0 Å². The van der Waals surface area contributed by atoms with E-state index in [1.807, 2.05) is 0 Å². The van der Waals surface area contributed by atoms with Gasteiger partial charge < -0.3 is 16.2 Å². The zero-order valence-corrected chi connectivity index (χ0v) is 8.51. The number of benzene rings is 1. The van der Waals surface area contributed by atoms with Crippen molar-refractivity contribution in [2.45, 2.75) is 4.90 Å². The van der Waals surface area contributed by atoms with Crippen molar-refractivity contribution in [1.29, 1.82) is 0 Å². The number of carbonyl (C=O) groups excluding carboxylic acids is 1. The molecule has 0 aromatic heterocycles. The van der Waals surface area contributed by atoms with E-state index in [4.69, 9.17) is 15.5 Å². The van der Waals surface area contributed by atoms with Crippen LogP contribution < -0.4 is 11.0 Å². The Labute approximate surface area is 90.2 Å². The highest BCUT2D eigenvalue weighted by Crippen LogP contribution is 2.20. The van der Waals surface area contributed by atoms with Crippen LogP contribution in [-0.2, 0) is 10.1 Å². The van der Waals surface area contributed by atoms with Crippen LogP contribution in [0.15, 0.2) is 23.1 Å². The monoisotopic (exact) mass is 247 g/mol. The Bertz CT molecular complexity index is 524.